The van der Waals surface area contributed by atoms with Gasteiger partial charge in [0.15, 0.2) is 5.11 Å². The lowest BCUT2D eigenvalue weighted by Gasteiger charge is -2.29. The number of carbonyl (C=O) groups excluding carboxylic acids is 1. The molecule has 2 N–H and O–H groups in total. The second-order valence-electron chi connectivity index (χ2n) is 9.86. The van der Waals surface area contributed by atoms with Gasteiger partial charge in [-0.2, -0.15) is 0 Å². The SMILES string of the molecule is COCC(=O)Nc1ccc(N2C(=S)N[C@H](c3ccccn3)[C@@H]2c2c(C)c(C)n(-c3ccccc3)c2C)cc1C. The molecule has 0 radical (unpaired) electrons. The van der Waals surface area contributed by atoms with E-state index in [9.17, 15) is 4.79 Å². The molecular formula is C31H33N5O2S. The third kappa shape index (κ3) is 4.93. The van der Waals surface area contributed by atoms with Crippen LogP contribution >= 0.6 is 12.2 Å². The summed E-state index contributed by atoms with van der Waals surface area (Å²) in [7, 11) is 1.51. The lowest BCUT2D eigenvalue weighted by atomic mass is 9.93. The molecule has 1 aliphatic rings. The normalized spacial score (nSPS) is 16.8. The molecule has 0 spiro atoms. The Bertz CT molecular complexity index is 1520. The van der Waals surface area contributed by atoms with Crippen LogP contribution in [0.5, 0.6) is 0 Å². The third-order valence-electron chi connectivity index (χ3n) is 7.45. The molecule has 2 aromatic heterocycles. The van der Waals surface area contributed by atoms with Crippen molar-refractivity contribution in [3.8, 4) is 5.69 Å². The minimum Gasteiger partial charge on any atom is -0.375 e. The third-order valence-corrected chi connectivity index (χ3v) is 7.77. The largest absolute Gasteiger partial charge is 0.375 e. The van der Waals surface area contributed by atoms with Crippen molar-refractivity contribution in [1.29, 1.82) is 0 Å². The van der Waals surface area contributed by atoms with E-state index in [1.807, 2.05) is 49.5 Å². The van der Waals surface area contributed by atoms with E-state index < -0.39 is 0 Å². The lowest BCUT2D eigenvalue weighted by Crippen LogP contribution is -2.30. The van der Waals surface area contributed by atoms with Crippen molar-refractivity contribution in [3.05, 3.63) is 107 Å². The van der Waals surface area contributed by atoms with Gasteiger partial charge >= 0.3 is 0 Å². The Morgan fingerprint density at radius 2 is 1.74 bits per heavy atom. The highest BCUT2D eigenvalue weighted by Crippen LogP contribution is 2.45. The van der Waals surface area contributed by atoms with Gasteiger partial charge < -0.3 is 24.8 Å². The van der Waals surface area contributed by atoms with Crippen molar-refractivity contribution >= 4 is 34.6 Å². The molecule has 5 rings (SSSR count). The van der Waals surface area contributed by atoms with Gasteiger partial charge in [0.05, 0.1) is 17.8 Å². The van der Waals surface area contributed by atoms with E-state index in [0.717, 1.165) is 28.3 Å². The van der Waals surface area contributed by atoms with Crippen LogP contribution in [0, 0.1) is 27.7 Å². The first-order valence-corrected chi connectivity index (χ1v) is 13.4. The van der Waals surface area contributed by atoms with Crippen LogP contribution in [0.3, 0.4) is 0 Å². The molecule has 0 saturated carbocycles. The molecule has 1 fully saturated rings. The van der Waals surface area contributed by atoms with Gasteiger partial charge in [0.2, 0.25) is 5.91 Å². The minimum atomic E-state index is -0.191. The van der Waals surface area contributed by atoms with Crippen molar-refractivity contribution in [3.63, 3.8) is 0 Å². The van der Waals surface area contributed by atoms with Crippen LogP contribution in [0.4, 0.5) is 11.4 Å². The maximum atomic E-state index is 12.1. The quantitative estimate of drug-likeness (QED) is 0.286. The number of nitrogens with one attached hydrogen (secondary N) is 2. The topological polar surface area (TPSA) is 71.4 Å². The fourth-order valence-corrected chi connectivity index (χ4v) is 5.93. The first kappa shape index (κ1) is 26.6. The number of benzene rings is 2. The average molecular weight is 540 g/mol. The van der Waals surface area contributed by atoms with E-state index in [1.165, 1.54) is 29.6 Å². The maximum Gasteiger partial charge on any atom is 0.250 e. The zero-order valence-corrected chi connectivity index (χ0v) is 23.7. The molecule has 3 heterocycles. The Labute approximate surface area is 234 Å². The predicted octanol–water partition coefficient (Wildman–Crippen LogP) is 5.87. The molecule has 8 heteroatoms. The van der Waals surface area contributed by atoms with Crippen LogP contribution < -0.4 is 15.5 Å². The summed E-state index contributed by atoms with van der Waals surface area (Å²) in [5.41, 5.74) is 9.48. The van der Waals surface area contributed by atoms with Gasteiger partial charge in [0.1, 0.15) is 6.61 Å². The number of amides is 1. The predicted molar refractivity (Wildman–Crippen MR) is 160 cm³/mol. The Morgan fingerprint density at radius 1 is 1.00 bits per heavy atom. The van der Waals surface area contributed by atoms with Gasteiger partial charge in [-0.1, -0.05) is 24.3 Å². The van der Waals surface area contributed by atoms with Crippen molar-refractivity contribution < 1.29 is 9.53 Å². The second kappa shape index (κ2) is 11.0. The first-order valence-electron chi connectivity index (χ1n) is 13.0. The number of anilines is 2. The summed E-state index contributed by atoms with van der Waals surface area (Å²) in [5, 5.41) is 7.13. The van der Waals surface area contributed by atoms with Gasteiger partial charge in [-0.15, -0.1) is 0 Å². The molecule has 2 aromatic carbocycles. The standard InChI is InChI=1S/C31H33N5O2S/c1-19-17-24(14-15-25(19)33-27(37)18-38-5)36-30(29(34-31(36)39)26-13-9-10-16-32-26)28-20(2)21(3)35(22(28)4)23-11-7-6-8-12-23/h6-17,29-30H,18H2,1-5H3,(H,33,37)(H,34,39)/t29-,30+/m1/s1. The number of carbonyl (C=O) groups is 1. The van der Waals surface area contributed by atoms with Crippen LogP contribution in [-0.4, -0.2) is 34.3 Å². The number of para-hydroxylation sites is 1. The number of methoxy groups -OCH3 is 1. The zero-order valence-electron chi connectivity index (χ0n) is 22.9. The number of ether oxygens (including phenoxy) is 1. The van der Waals surface area contributed by atoms with E-state index in [4.69, 9.17) is 21.9 Å². The van der Waals surface area contributed by atoms with E-state index in [-0.39, 0.29) is 24.6 Å². The number of thiocarbonyl (C=S) groups is 1. The molecule has 1 aliphatic heterocycles. The van der Waals surface area contributed by atoms with E-state index >= 15 is 0 Å². The molecule has 0 bridgehead atoms. The second-order valence-corrected chi connectivity index (χ2v) is 10.2. The van der Waals surface area contributed by atoms with Crippen LogP contribution in [0.2, 0.25) is 0 Å². The van der Waals surface area contributed by atoms with E-state index in [1.54, 1.807) is 0 Å². The molecule has 0 unspecified atom stereocenters. The van der Waals surface area contributed by atoms with Gasteiger partial charge in [-0.3, -0.25) is 9.78 Å². The van der Waals surface area contributed by atoms with Gasteiger partial charge in [-0.25, -0.2) is 0 Å². The number of nitrogens with zero attached hydrogens (tertiary/aromatic N) is 3. The molecule has 1 saturated heterocycles. The Kier molecular flexibility index (Phi) is 7.50. The van der Waals surface area contributed by atoms with E-state index in [0.29, 0.717) is 5.11 Å². The van der Waals surface area contributed by atoms with Gasteiger partial charge in [-0.05, 0) is 93.5 Å². The van der Waals surface area contributed by atoms with Crippen LogP contribution in [0.25, 0.3) is 5.69 Å². The van der Waals surface area contributed by atoms with Crippen LogP contribution in [-0.2, 0) is 9.53 Å². The van der Waals surface area contributed by atoms with E-state index in [2.05, 4.69) is 71.2 Å². The Hall–Kier alpha value is -4.01. The summed E-state index contributed by atoms with van der Waals surface area (Å²) in [6.45, 7) is 8.52. The van der Waals surface area contributed by atoms with Crippen molar-refractivity contribution in [2.75, 3.05) is 23.9 Å². The summed E-state index contributed by atoms with van der Waals surface area (Å²) >= 11 is 5.97. The fourth-order valence-electron chi connectivity index (χ4n) is 5.59. The number of hydrogen-bond acceptors (Lipinski definition) is 4. The van der Waals surface area contributed by atoms with Crippen molar-refractivity contribution in [2.45, 2.75) is 39.8 Å². The highest BCUT2D eigenvalue weighted by Gasteiger charge is 2.43. The molecule has 7 nitrogen and oxygen atoms in total. The van der Waals surface area contributed by atoms with Gasteiger partial charge in [0.25, 0.3) is 0 Å². The monoisotopic (exact) mass is 539 g/mol. The molecular weight excluding hydrogens is 506 g/mol. The fraction of sp³-hybridized carbons (Fsp3) is 0.258. The number of rotatable bonds is 7. The Morgan fingerprint density at radius 3 is 2.41 bits per heavy atom. The minimum absolute atomic E-state index is 0.00542. The maximum absolute atomic E-state index is 12.1. The molecule has 39 heavy (non-hydrogen) atoms. The summed E-state index contributed by atoms with van der Waals surface area (Å²) in [4.78, 5) is 19.0. The molecule has 4 aromatic rings. The summed E-state index contributed by atoms with van der Waals surface area (Å²) in [6.07, 6.45) is 1.82. The number of pyridine rings is 1. The highest BCUT2D eigenvalue weighted by molar-refractivity contribution is 7.80. The van der Waals surface area contributed by atoms with Gasteiger partial charge in [0, 0.05) is 47.3 Å². The number of hydrogen-bond donors (Lipinski definition) is 2. The van der Waals surface area contributed by atoms with Crippen molar-refractivity contribution in [1.82, 2.24) is 14.9 Å². The number of aryl methyl sites for hydroxylation is 1. The first-order chi connectivity index (χ1) is 18.8. The molecule has 1 amide bonds. The number of aromatic nitrogens is 2. The molecule has 2 atom stereocenters. The lowest BCUT2D eigenvalue weighted by molar-refractivity contribution is -0.119. The summed E-state index contributed by atoms with van der Waals surface area (Å²) in [5.74, 6) is -0.191. The Balaban J connectivity index is 1.64. The highest BCUT2D eigenvalue weighted by atomic mass is 32.1. The summed E-state index contributed by atoms with van der Waals surface area (Å²) in [6, 6.07) is 22.1. The smallest absolute Gasteiger partial charge is 0.250 e. The average Bonchev–Trinajstić information content (AvgIpc) is 3.38. The van der Waals surface area contributed by atoms with Crippen LogP contribution in [0.15, 0.2) is 72.9 Å². The zero-order chi connectivity index (χ0) is 27.7. The molecule has 0 aliphatic carbocycles. The van der Waals surface area contributed by atoms with Crippen LogP contribution in [0.1, 0.15) is 45.9 Å². The summed E-state index contributed by atoms with van der Waals surface area (Å²) < 4.78 is 7.28. The molecule has 200 valence electrons. The van der Waals surface area contributed by atoms with Crippen molar-refractivity contribution in [2.24, 2.45) is 0 Å².